The second-order valence-electron chi connectivity index (χ2n) is 3.20. The molecule has 0 spiro atoms. The Morgan fingerprint density at radius 3 is 1.67 bits per heavy atom. The zero-order valence-electron chi connectivity index (χ0n) is 6.97. The third kappa shape index (κ3) is 2.82. The van der Waals surface area contributed by atoms with Crippen LogP contribution in [0.5, 0.6) is 0 Å². The molecule has 9 heavy (non-hydrogen) atoms. The molecule has 0 radical (unpaired) electrons. The highest BCUT2D eigenvalue weighted by Crippen LogP contribution is 2.09. The standard InChI is InChI=1S/C7H17NO/c1-6(2)8(5)7(3,4)9/h6,9H,1-5H3. The lowest BCUT2D eigenvalue weighted by atomic mass is 10.2. The summed E-state index contributed by atoms with van der Waals surface area (Å²) in [5.41, 5.74) is -0.686. The van der Waals surface area contributed by atoms with Crippen molar-refractivity contribution < 1.29 is 5.11 Å². The van der Waals surface area contributed by atoms with E-state index in [1.54, 1.807) is 13.8 Å². The molecular weight excluding hydrogens is 114 g/mol. The average Bonchev–Trinajstić information content (AvgIpc) is 1.62. The lowest BCUT2D eigenvalue weighted by Gasteiger charge is -2.33. The molecule has 0 unspecified atom stereocenters. The number of aliphatic hydroxyl groups is 1. The second kappa shape index (κ2) is 2.67. The first-order chi connectivity index (χ1) is 3.85. The van der Waals surface area contributed by atoms with Crippen LogP contribution in [0, 0.1) is 0 Å². The molecular formula is C7H17NO. The fraction of sp³-hybridized carbons (Fsp3) is 1.00. The summed E-state index contributed by atoms with van der Waals surface area (Å²) in [5.74, 6) is 0. The van der Waals surface area contributed by atoms with Gasteiger partial charge in [0.1, 0.15) is 5.72 Å². The monoisotopic (exact) mass is 131 g/mol. The molecule has 0 saturated heterocycles. The maximum atomic E-state index is 9.38. The highest BCUT2D eigenvalue weighted by Gasteiger charge is 2.20. The minimum Gasteiger partial charge on any atom is -0.376 e. The van der Waals surface area contributed by atoms with Gasteiger partial charge in [0.05, 0.1) is 0 Å². The van der Waals surface area contributed by atoms with Crippen molar-refractivity contribution in [2.45, 2.75) is 39.5 Å². The van der Waals surface area contributed by atoms with Crippen molar-refractivity contribution in [3.8, 4) is 0 Å². The predicted octanol–water partition coefficient (Wildman–Crippen LogP) is 1.06. The van der Waals surface area contributed by atoms with Gasteiger partial charge in [0.15, 0.2) is 0 Å². The Balaban J connectivity index is 3.88. The topological polar surface area (TPSA) is 23.5 Å². The van der Waals surface area contributed by atoms with Crippen molar-refractivity contribution in [1.29, 1.82) is 0 Å². The Kier molecular flexibility index (Phi) is 2.65. The van der Waals surface area contributed by atoms with Crippen LogP contribution >= 0.6 is 0 Å². The summed E-state index contributed by atoms with van der Waals surface area (Å²) in [6.45, 7) is 7.68. The zero-order valence-corrected chi connectivity index (χ0v) is 6.97. The van der Waals surface area contributed by atoms with E-state index >= 15 is 0 Å². The summed E-state index contributed by atoms with van der Waals surface area (Å²) in [6, 6.07) is 0.394. The summed E-state index contributed by atoms with van der Waals surface area (Å²) in [7, 11) is 1.91. The zero-order chi connectivity index (χ0) is 7.65. The van der Waals surface area contributed by atoms with Crippen LogP contribution in [-0.4, -0.2) is 28.8 Å². The van der Waals surface area contributed by atoms with Crippen molar-refractivity contribution in [2.24, 2.45) is 0 Å². The SMILES string of the molecule is CC(C)N(C)C(C)(C)O. The Bertz CT molecular complexity index is 83.4. The molecule has 1 N–H and O–H groups in total. The minimum atomic E-state index is -0.686. The Hall–Kier alpha value is -0.0800. The summed E-state index contributed by atoms with van der Waals surface area (Å²) in [5, 5.41) is 9.38. The van der Waals surface area contributed by atoms with Crippen LogP contribution in [0.15, 0.2) is 0 Å². The number of nitrogens with zero attached hydrogens (tertiary/aromatic N) is 1. The number of hydrogen-bond acceptors (Lipinski definition) is 2. The molecule has 56 valence electrons. The number of hydrogen-bond donors (Lipinski definition) is 1. The molecule has 0 bridgehead atoms. The van der Waals surface area contributed by atoms with Crippen molar-refractivity contribution in [2.75, 3.05) is 7.05 Å². The van der Waals surface area contributed by atoms with Crippen LogP contribution in [0.2, 0.25) is 0 Å². The van der Waals surface area contributed by atoms with Gasteiger partial charge in [-0.3, -0.25) is 4.90 Å². The van der Waals surface area contributed by atoms with Gasteiger partial charge in [-0.15, -0.1) is 0 Å². The van der Waals surface area contributed by atoms with E-state index in [0.717, 1.165) is 0 Å². The molecule has 2 heteroatoms. The number of rotatable bonds is 2. The van der Waals surface area contributed by atoms with E-state index in [1.807, 2.05) is 11.9 Å². The molecule has 0 rings (SSSR count). The van der Waals surface area contributed by atoms with Crippen molar-refractivity contribution in [1.82, 2.24) is 4.90 Å². The molecule has 0 heterocycles. The van der Waals surface area contributed by atoms with E-state index in [-0.39, 0.29) is 0 Å². The van der Waals surface area contributed by atoms with Crippen LogP contribution in [0.4, 0.5) is 0 Å². The Morgan fingerprint density at radius 1 is 1.33 bits per heavy atom. The first-order valence-electron chi connectivity index (χ1n) is 3.31. The summed E-state index contributed by atoms with van der Waals surface area (Å²) < 4.78 is 0. The summed E-state index contributed by atoms with van der Waals surface area (Å²) in [4.78, 5) is 1.91. The van der Waals surface area contributed by atoms with E-state index < -0.39 is 5.72 Å². The van der Waals surface area contributed by atoms with Crippen molar-refractivity contribution >= 4 is 0 Å². The van der Waals surface area contributed by atoms with Gasteiger partial charge in [0, 0.05) is 6.04 Å². The van der Waals surface area contributed by atoms with Gasteiger partial charge in [-0.1, -0.05) is 0 Å². The minimum absolute atomic E-state index is 0.394. The highest BCUT2D eigenvalue weighted by molar-refractivity contribution is 4.67. The normalized spacial score (nSPS) is 13.3. The van der Waals surface area contributed by atoms with Gasteiger partial charge in [0.25, 0.3) is 0 Å². The van der Waals surface area contributed by atoms with Crippen LogP contribution < -0.4 is 0 Å². The molecule has 2 nitrogen and oxygen atoms in total. The molecule has 0 aromatic carbocycles. The van der Waals surface area contributed by atoms with E-state index in [2.05, 4.69) is 13.8 Å². The lowest BCUT2D eigenvalue weighted by Crippen LogP contribution is -2.44. The summed E-state index contributed by atoms with van der Waals surface area (Å²) in [6.07, 6.45) is 0. The van der Waals surface area contributed by atoms with E-state index in [1.165, 1.54) is 0 Å². The van der Waals surface area contributed by atoms with Gasteiger partial charge in [-0.2, -0.15) is 0 Å². The Morgan fingerprint density at radius 2 is 1.67 bits per heavy atom. The van der Waals surface area contributed by atoms with Crippen LogP contribution in [0.1, 0.15) is 27.7 Å². The van der Waals surface area contributed by atoms with Crippen LogP contribution in [0.25, 0.3) is 0 Å². The first-order valence-corrected chi connectivity index (χ1v) is 3.31. The average molecular weight is 131 g/mol. The molecule has 0 fully saturated rings. The molecule has 0 atom stereocenters. The first kappa shape index (κ1) is 8.92. The fourth-order valence-corrected chi connectivity index (χ4v) is 0.632. The molecule has 0 aliphatic carbocycles. The van der Waals surface area contributed by atoms with Gasteiger partial charge in [-0.05, 0) is 34.7 Å². The highest BCUT2D eigenvalue weighted by atomic mass is 16.3. The Labute approximate surface area is 57.5 Å². The summed E-state index contributed by atoms with van der Waals surface area (Å²) >= 11 is 0. The molecule has 0 amide bonds. The third-order valence-electron chi connectivity index (χ3n) is 1.64. The third-order valence-corrected chi connectivity index (χ3v) is 1.64. The van der Waals surface area contributed by atoms with E-state index in [0.29, 0.717) is 6.04 Å². The molecule has 0 aromatic heterocycles. The van der Waals surface area contributed by atoms with Crippen molar-refractivity contribution in [3.63, 3.8) is 0 Å². The van der Waals surface area contributed by atoms with Crippen LogP contribution in [0.3, 0.4) is 0 Å². The largest absolute Gasteiger partial charge is 0.376 e. The maximum absolute atomic E-state index is 9.38. The molecule has 0 aliphatic heterocycles. The maximum Gasteiger partial charge on any atom is 0.112 e. The lowest BCUT2D eigenvalue weighted by molar-refractivity contribution is -0.0785. The fourth-order valence-electron chi connectivity index (χ4n) is 0.632. The van der Waals surface area contributed by atoms with Gasteiger partial charge in [-0.25, -0.2) is 0 Å². The van der Waals surface area contributed by atoms with Gasteiger partial charge < -0.3 is 5.11 Å². The van der Waals surface area contributed by atoms with E-state index in [4.69, 9.17) is 0 Å². The quantitative estimate of drug-likeness (QED) is 0.566. The second-order valence-corrected chi connectivity index (χ2v) is 3.20. The van der Waals surface area contributed by atoms with E-state index in [9.17, 15) is 5.11 Å². The van der Waals surface area contributed by atoms with Crippen LogP contribution in [-0.2, 0) is 0 Å². The smallest absolute Gasteiger partial charge is 0.112 e. The molecule has 0 aliphatic rings. The molecule has 0 saturated carbocycles. The van der Waals surface area contributed by atoms with Crippen molar-refractivity contribution in [3.05, 3.63) is 0 Å². The molecule has 0 aromatic rings. The van der Waals surface area contributed by atoms with Gasteiger partial charge >= 0.3 is 0 Å². The van der Waals surface area contributed by atoms with Gasteiger partial charge in [0.2, 0.25) is 0 Å². The predicted molar refractivity (Wildman–Crippen MR) is 39.2 cm³/mol.